The highest BCUT2D eigenvalue weighted by molar-refractivity contribution is 6.08. The van der Waals surface area contributed by atoms with Crippen LogP contribution in [-0.2, 0) is 6.61 Å². The summed E-state index contributed by atoms with van der Waals surface area (Å²) in [7, 11) is 3.13. The van der Waals surface area contributed by atoms with Crippen LogP contribution >= 0.6 is 0 Å². The first kappa shape index (κ1) is 34.1. The SMILES string of the molecule is COc1cc2ncc(C(N)=O)c(NC(C)c3ccccc3)c2cc1OC.Cc1c(CO)cccc1Nc1c(C(N)=O)cnc2ccccc12. The first-order valence-electron chi connectivity index (χ1n) is 15.5. The molecule has 0 aliphatic rings. The van der Waals surface area contributed by atoms with E-state index < -0.39 is 11.8 Å². The molecule has 4 aromatic carbocycles. The van der Waals surface area contributed by atoms with Crippen LogP contribution in [0.5, 0.6) is 11.5 Å². The second-order valence-corrected chi connectivity index (χ2v) is 11.2. The lowest BCUT2D eigenvalue weighted by atomic mass is 10.0. The van der Waals surface area contributed by atoms with Crippen molar-refractivity contribution in [3.05, 3.63) is 125 Å². The molecule has 0 fully saturated rings. The van der Waals surface area contributed by atoms with Gasteiger partial charge in [-0.25, -0.2) is 0 Å². The van der Waals surface area contributed by atoms with Gasteiger partial charge in [0.1, 0.15) is 0 Å². The van der Waals surface area contributed by atoms with E-state index in [2.05, 4.69) is 20.6 Å². The molecular weight excluding hydrogens is 620 g/mol. The number of aliphatic hydroxyl groups is 1. The van der Waals surface area contributed by atoms with Crippen LogP contribution in [0.4, 0.5) is 17.1 Å². The average Bonchev–Trinajstić information content (AvgIpc) is 3.12. The first-order chi connectivity index (χ1) is 23.7. The molecule has 250 valence electrons. The fourth-order valence-corrected chi connectivity index (χ4v) is 5.49. The number of nitrogens with zero attached hydrogens (tertiary/aromatic N) is 2. The van der Waals surface area contributed by atoms with Gasteiger partial charge in [0.05, 0.1) is 54.4 Å². The van der Waals surface area contributed by atoms with Gasteiger partial charge in [0, 0.05) is 41.0 Å². The number of para-hydroxylation sites is 1. The number of hydrogen-bond acceptors (Lipinski definition) is 9. The van der Waals surface area contributed by atoms with E-state index in [1.807, 2.05) is 86.6 Å². The number of rotatable bonds is 10. The number of aromatic nitrogens is 2. The fraction of sp³-hybridized carbons (Fsp3) is 0.158. The van der Waals surface area contributed by atoms with Crippen LogP contribution in [0.2, 0.25) is 0 Å². The van der Waals surface area contributed by atoms with E-state index in [4.69, 9.17) is 20.9 Å². The third-order valence-corrected chi connectivity index (χ3v) is 8.22. The summed E-state index contributed by atoms with van der Waals surface area (Å²) in [6.07, 6.45) is 2.97. The summed E-state index contributed by atoms with van der Waals surface area (Å²) in [5, 5.41) is 17.7. The molecule has 7 N–H and O–H groups in total. The predicted octanol–water partition coefficient (Wildman–Crippen LogP) is 6.40. The van der Waals surface area contributed by atoms with Crippen molar-refractivity contribution in [3.63, 3.8) is 0 Å². The van der Waals surface area contributed by atoms with Gasteiger partial charge in [0.2, 0.25) is 0 Å². The molecule has 6 aromatic rings. The normalized spacial score (nSPS) is 11.3. The summed E-state index contributed by atoms with van der Waals surface area (Å²) >= 11 is 0. The number of nitrogens with two attached hydrogens (primary N) is 2. The van der Waals surface area contributed by atoms with E-state index in [1.54, 1.807) is 26.4 Å². The maximum atomic E-state index is 11.9. The Morgan fingerprint density at radius 2 is 1.39 bits per heavy atom. The Morgan fingerprint density at radius 3 is 2.04 bits per heavy atom. The number of primary amides is 2. The Morgan fingerprint density at radius 1 is 0.776 bits per heavy atom. The highest BCUT2D eigenvalue weighted by atomic mass is 16.5. The van der Waals surface area contributed by atoms with Gasteiger partial charge >= 0.3 is 0 Å². The third-order valence-electron chi connectivity index (χ3n) is 8.22. The van der Waals surface area contributed by atoms with Gasteiger partial charge < -0.3 is 36.7 Å². The van der Waals surface area contributed by atoms with Crippen LogP contribution in [0.15, 0.2) is 97.3 Å². The summed E-state index contributed by atoms with van der Waals surface area (Å²) < 4.78 is 10.7. The molecule has 2 amide bonds. The number of methoxy groups -OCH3 is 2. The monoisotopic (exact) mass is 658 g/mol. The molecule has 0 aliphatic heterocycles. The molecular formula is C38H38N6O5. The van der Waals surface area contributed by atoms with Crippen LogP contribution in [0.25, 0.3) is 21.8 Å². The molecule has 11 nitrogen and oxygen atoms in total. The van der Waals surface area contributed by atoms with Crippen LogP contribution in [0.3, 0.4) is 0 Å². The summed E-state index contributed by atoms with van der Waals surface area (Å²) in [5.74, 6) is 0.0406. The molecule has 0 bridgehead atoms. The summed E-state index contributed by atoms with van der Waals surface area (Å²) in [4.78, 5) is 32.3. The predicted molar refractivity (Wildman–Crippen MR) is 192 cm³/mol. The number of fused-ring (bicyclic) bond motifs is 2. The number of nitrogens with one attached hydrogen (secondary N) is 2. The number of carbonyl (C=O) groups excluding carboxylic acids is 2. The lowest BCUT2D eigenvalue weighted by molar-refractivity contribution is 0.0992. The first-order valence-corrected chi connectivity index (χ1v) is 15.5. The highest BCUT2D eigenvalue weighted by Crippen LogP contribution is 2.37. The summed E-state index contributed by atoms with van der Waals surface area (Å²) in [6, 6.07) is 26.7. The zero-order chi connectivity index (χ0) is 35.1. The molecule has 1 unspecified atom stereocenters. The second-order valence-electron chi connectivity index (χ2n) is 11.2. The highest BCUT2D eigenvalue weighted by Gasteiger charge is 2.19. The van der Waals surface area contributed by atoms with Crippen molar-refractivity contribution < 1.29 is 24.2 Å². The van der Waals surface area contributed by atoms with E-state index in [0.717, 1.165) is 38.7 Å². The number of aliphatic hydroxyl groups excluding tert-OH is 1. The quantitative estimate of drug-likeness (QED) is 0.112. The Kier molecular flexibility index (Phi) is 10.5. The molecule has 0 aliphatic carbocycles. The molecule has 6 rings (SSSR count). The Labute approximate surface area is 283 Å². The number of pyridine rings is 2. The zero-order valence-corrected chi connectivity index (χ0v) is 27.7. The number of anilines is 3. The molecule has 1 atom stereocenters. The summed E-state index contributed by atoms with van der Waals surface area (Å²) in [6.45, 7) is 3.90. The maximum Gasteiger partial charge on any atom is 0.252 e. The molecule has 49 heavy (non-hydrogen) atoms. The lowest BCUT2D eigenvalue weighted by Crippen LogP contribution is -2.17. The Hall–Kier alpha value is -6.20. The molecule has 2 heterocycles. The van der Waals surface area contributed by atoms with Gasteiger partial charge in [-0.15, -0.1) is 0 Å². The van der Waals surface area contributed by atoms with Gasteiger partial charge in [-0.1, -0.05) is 60.7 Å². The van der Waals surface area contributed by atoms with Crippen molar-refractivity contribution in [1.82, 2.24) is 9.97 Å². The standard InChI is InChI=1S/C20H21N3O3.C18H17N3O2/c1-12(13-7-5-4-6-8-13)23-19-14-9-17(25-2)18(26-3)10-16(14)22-11-15(19)20(21)24;1-11-12(10-22)5-4-8-15(11)21-17-13-6-2-3-7-16(13)20-9-14(17)18(19)23/h4-12H,1-3H3,(H2,21,24)(H,22,23);2-9,22H,10H2,1H3,(H2,19,23)(H,20,21). The van der Waals surface area contributed by atoms with Gasteiger partial charge in [-0.05, 0) is 48.7 Å². The minimum Gasteiger partial charge on any atom is -0.493 e. The van der Waals surface area contributed by atoms with E-state index >= 15 is 0 Å². The van der Waals surface area contributed by atoms with Crippen molar-refractivity contribution in [2.75, 3.05) is 24.9 Å². The lowest BCUT2D eigenvalue weighted by Gasteiger charge is -2.20. The zero-order valence-electron chi connectivity index (χ0n) is 27.7. The second kappa shape index (κ2) is 15.1. The summed E-state index contributed by atoms with van der Waals surface area (Å²) in [5.41, 5.74) is 18.1. The maximum absolute atomic E-state index is 11.9. The fourth-order valence-electron chi connectivity index (χ4n) is 5.49. The van der Waals surface area contributed by atoms with Crippen molar-refractivity contribution in [2.45, 2.75) is 26.5 Å². The van der Waals surface area contributed by atoms with E-state index in [-0.39, 0.29) is 12.6 Å². The van der Waals surface area contributed by atoms with Crippen molar-refractivity contribution in [3.8, 4) is 11.5 Å². The van der Waals surface area contributed by atoms with Gasteiger partial charge in [0.25, 0.3) is 11.8 Å². The number of ether oxygens (including phenoxy) is 2. The van der Waals surface area contributed by atoms with Crippen LogP contribution < -0.4 is 31.6 Å². The van der Waals surface area contributed by atoms with E-state index in [9.17, 15) is 14.7 Å². The van der Waals surface area contributed by atoms with E-state index in [1.165, 1.54) is 12.4 Å². The largest absolute Gasteiger partial charge is 0.493 e. The minimum atomic E-state index is -0.544. The van der Waals surface area contributed by atoms with Gasteiger partial charge in [0.15, 0.2) is 11.5 Å². The topological polar surface area (TPSA) is 175 Å². The van der Waals surface area contributed by atoms with Gasteiger partial charge in [-0.3, -0.25) is 19.6 Å². The van der Waals surface area contributed by atoms with Crippen LogP contribution in [-0.4, -0.2) is 41.1 Å². The van der Waals surface area contributed by atoms with Crippen LogP contribution in [0, 0.1) is 6.92 Å². The number of hydrogen-bond donors (Lipinski definition) is 5. The third kappa shape index (κ3) is 7.37. The molecule has 0 spiro atoms. The Bertz CT molecular complexity index is 2140. The number of benzene rings is 4. The molecule has 0 radical (unpaired) electrons. The van der Waals surface area contributed by atoms with Crippen molar-refractivity contribution >= 4 is 50.7 Å². The molecule has 2 aromatic heterocycles. The van der Waals surface area contributed by atoms with Crippen molar-refractivity contribution in [2.24, 2.45) is 11.5 Å². The molecule has 0 saturated carbocycles. The van der Waals surface area contributed by atoms with Crippen molar-refractivity contribution in [1.29, 1.82) is 0 Å². The molecule has 0 saturated heterocycles. The Balaban J connectivity index is 0.000000192. The minimum absolute atomic E-state index is 0.0343. The van der Waals surface area contributed by atoms with Crippen LogP contribution in [0.1, 0.15) is 50.4 Å². The molecule has 11 heteroatoms. The van der Waals surface area contributed by atoms with Gasteiger partial charge in [-0.2, -0.15) is 0 Å². The number of carbonyl (C=O) groups is 2. The number of amides is 2. The van der Waals surface area contributed by atoms with E-state index in [0.29, 0.717) is 39.5 Å². The smallest absolute Gasteiger partial charge is 0.252 e. The average molecular weight is 659 g/mol.